The highest BCUT2D eigenvalue weighted by atomic mass is 16.7. The lowest BCUT2D eigenvalue weighted by Gasteiger charge is -2.42. The molecule has 2 aliphatic rings. The van der Waals surface area contributed by atoms with Gasteiger partial charge in [-0.25, -0.2) is 0 Å². The van der Waals surface area contributed by atoms with Gasteiger partial charge in [-0.1, -0.05) is 0 Å². The van der Waals surface area contributed by atoms with Crippen molar-refractivity contribution in [3.05, 3.63) is 40.6 Å². The van der Waals surface area contributed by atoms with Crippen molar-refractivity contribution >= 4 is 11.0 Å². The van der Waals surface area contributed by atoms with Gasteiger partial charge in [0.15, 0.2) is 34.7 Å². The molecular weight excluding hydrogens is 604 g/mol. The molecule has 45 heavy (non-hydrogen) atoms. The van der Waals surface area contributed by atoms with E-state index in [1.54, 1.807) is 0 Å². The van der Waals surface area contributed by atoms with Gasteiger partial charge in [0.2, 0.25) is 12.0 Å². The maximum atomic E-state index is 13.0. The second-order valence-electron chi connectivity index (χ2n) is 10.6. The van der Waals surface area contributed by atoms with Crippen LogP contribution in [0, 0.1) is 0 Å². The average Bonchev–Trinajstić information content (AvgIpc) is 3.01. The first kappa shape index (κ1) is 32.7. The minimum Gasteiger partial charge on any atom is -0.504 e. The Labute approximate surface area is 254 Å². The summed E-state index contributed by atoms with van der Waals surface area (Å²) in [5, 5.41) is 82.7. The molecule has 0 saturated carbocycles. The Balaban J connectivity index is 1.42. The fourth-order valence-electron chi connectivity index (χ4n) is 5.15. The number of fused-ring (bicyclic) bond motifs is 1. The highest BCUT2D eigenvalue weighted by Gasteiger charge is 2.47. The van der Waals surface area contributed by atoms with Crippen LogP contribution in [0.25, 0.3) is 22.3 Å². The fraction of sp³-hybridized carbons (Fsp3) is 0.483. The Bertz CT molecular complexity index is 1570. The van der Waals surface area contributed by atoms with Gasteiger partial charge in [-0.3, -0.25) is 4.79 Å². The van der Waals surface area contributed by atoms with E-state index in [0.717, 1.165) is 6.07 Å². The Morgan fingerprint density at radius 2 is 1.47 bits per heavy atom. The largest absolute Gasteiger partial charge is 0.504 e. The summed E-state index contributed by atoms with van der Waals surface area (Å²) >= 11 is 0. The van der Waals surface area contributed by atoms with Crippen LogP contribution in [0.2, 0.25) is 0 Å². The third-order valence-electron chi connectivity index (χ3n) is 7.73. The van der Waals surface area contributed by atoms with Crippen LogP contribution in [-0.4, -0.2) is 123 Å². The van der Waals surface area contributed by atoms with E-state index in [0.29, 0.717) is 5.56 Å². The summed E-state index contributed by atoms with van der Waals surface area (Å²) in [6, 6.07) is 6.59. The van der Waals surface area contributed by atoms with Crippen LogP contribution in [0.3, 0.4) is 0 Å². The first-order valence-electron chi connectivity index (χ1n) is 13.8. The van der Waals surface area contributed by atoms with E-state index in [1.807, 2.05) is 0 Å². The van der Waals surface area contributed by atoms with E-state index in [1.165, 1.54) is 45.4 Å². The van der Waals surface area contributed by atoms with Gasteiger partial charge in [-0.05, 0) is 25.1 Å². The molecule has 1 aromatic heterocycles. The smallest absolute Gasteiger partial charge is 0.229 e. The second kappa shape index (κ2) is 13.0. The Hall–Kier alpha value is -3.71. The molecule has 2 aliphatic heterocycles. The van der Waals surface area contributed by atoms with Gasteiger partial charge in [0.25, 0.3) is 0 Å². The standard InChI is InChI=1S/C29H34O16/c1-10-20(32)23(35)25(37)28(42-10)41-9-18-21(33)24(36)26(38)29(45-18)44-17-8-16-19(22(34)27(17)40-3)13(31)7-15(43-16)11-4-5-14(39-2)12(30)6-11/h4-8,10,18,20-21,23-26,28-30,32-38H,9H2,1-3H3/t10-,18-,20+,21-,23+,24+,25-,26-,28-,29-/m1/s1. The average molecular weight is 639 g/mol. The van der Waals surface area contributed by atoms with Crippen molar-refractivity contribution in [3.8, 4) is 40.1 Å². The van der Waals surface area contributed by atoms with Crippen LogP contribution in [0.15, 0.2) is 39.5 Å². The van der Waals surface area contributed by atoms with Crippen LogP contribution in [0.1, 0.15) is 6.92 Å². The van der Waals surface area contributed by atoms with Crippen molar-refractivity contribution in [2.45, 2.75) is 68.3 Å². The Morgan fingerprint density at radius 3 is 2.13 bits per heavy atom. The number of hydrogen-bond acceptors (Lipinski definition) is 16. The van der Waals surface area contributed by atoms with Crippen molar-refractivity contribution in [3.63, 3.8) is 0 Å². The summed E-state index contributed by atoms with van der Waals surface area (Å²) in [6.07, 6.45) is -15.4. The number of rotatable bonds is 8. The monoisotopic (exact) mass is 638 g/mol. The molecule has 0 aliphatic carbocycles. The number of phenolic OH excluding ortho intramolecular Hbond substituents is 2. The molecule has 10 atom stereocenters. The molecule has 0 bridgehead atoms. The molecule has 246 valence electrons. The van der Waals surface area contributed by atoms with Crippen LogP contribution in [0.4, 0.5) is 0 Å². The number of aromatic hydroxyl groups is 2. The molecule has 8 N–H and O–H groups in total. The first-order valence-corrected chi connectivity index (χ1v) is 13.8. The zero-order chi connectivity index (χ0) is 32.7. The molecule has 0 radical (unpaired) electrons. The highest BCUT2D eigenvalue weighted by Crippen LogP contribution is 2.44. The van der Waals surface area contributed by atoms with Crippen LogP contribution in [-0.2, 0) is 14.2 Å². The molecule has 3 aromatic rings. The third-order valence-corrected chi connectivity index (χ3v) is 7.73. The van der Waals surface area contributed by atoms with E-state index in [4.69, 9.17) is 32.8 Å². The summed E-state index contributed by atoms with van der Waals surface area (Å²) in [5.74, 6) is -1.29. The SMILES string of the molecule is COc1ccc(-c2cc(=O)c3c(O)c(OC)c(O[C@@H]4O[C@H](CO[C@@H]5O[C@H](C)[C@H](O)[C@H](O)[C@H]5O)[C@@H](O)[C@H](O)[C@H]4O)cc3o2)cc1O. The highest BCUT2D eigenvalue weighted by molar-refractivity contribution is 5.89. The van der Waals surface area contributed by atoms with Crippen molar-refractivity contribution in [1.82, 2.24) is 0 Å². The number of phenols is 2. The van der Waals surface area contributed by atoms with Crippen molar-refractivity contribution in [1.29, 1.82) is 0 Å². The number of aliphatic hydroxyl groups is 6. The van der Waals surface area contributed by atoms with E-state index in [2.05, 4.69) is 0 Å². The minimum atomic E-state index is -1.84. The number of ether oxygens (including phenoxy) is 6. The topological polar surface area (TPSA) is 247 Å². The lowest BCUT2D eigenvalue weighted by Crippen LogP contribution is -2.61. The zero-order valence-corrected chi connectivity index (χ0v) is 24.2. The lowest BCUT2D eigenvalue weighted by molar-refractivity contribution is -0.318. The van der Waals surface area contributed by atoms with Crippen LogP contribution >= 0.6 is 0 Å². The van der Waals surface area contributed by atoms with Gasteiger partial charge in [-0.2, -0.15) is 0 Å². The minimum absolute atomic E-state index is 0.0183. The molecule has 0 amide bonds. The maximum Gasteiger partial charge on any atom is 0.229 e. The zero-order valence-electron chi connectivity index (χ0n) is 24.2. The molecule has 3 heterocycles. The summed E-state index contributed by atoms with van der Waals surface area (Å²) in [5.41, 5.74) is -0.530. The number of methoxy groups -OCH3 is 2. The molecule has 5 rings (SSSR count). The number of aliphatic hydroxyl groups excluding tert-OH is 6. The van der Waals surface area contributed by atoms with E-state index in [9.17, 15) is 45.6 Å². The van der Waals surface area contributed by atoms with Gasteiger partial charge in [0.1, 0.15) is 59.5 Å². The summed E-state index contributed by atoms with van der Waals surface area (Å²) in [4.78, 5) is 13.0. The first-order chi connectivity index (χ1) is 21.4. The third kappa shape index (κ3) is 6.11. The predicted molar refractivity (Wildman–Crippen MR) is 150 cm³/mol. The van der Waals surface area contributed by atoms with Crippen molar-refractivity contribution in [2.24, 2.45) is 0 Å². The van der Waals surface area contributed by atoms with Crippen LogP contribution < -0.4 is 19.6 Å². The Morgan fingerprint density at radius 1 is 0.778 bits per heavy atom. The summed E-state index contributed by atoms with van der Waals surface area (Å²) < 4.78 is 38.4. The normalized spacial score (nSPS) is 31.9. The molecule has 2 saturated heterocycles. The number of hydrogen-bond donors (Lipinski definition) is 8. The Kier molecular flexibility index (Phi) is 9.41. The molecule has 16 nitrogen and oxygen atoms in total. The molecule has 16 heteroatoms. The second-order valence-corrected chi connectivity index (χ2v) is 10.6. The van der Waals surface area contributed by atoms with Gasteiger partial charge >= 0.3 is 0 Å². The van der Waals surface area contributed by atoms with Gasteiger partial charge < -0.3 is 73.7 Å². The summed E-state index contributed by atoms with van der Waals surface area (Å²) in [6.45, 7) is 0.916. The molecule has 2 aromatic carbocycles. The molecule has 0 unspecified atom stereocenters. The van der Waals surface area contributed by atoms with Crippen molar-refractivity contribution in [2.75, 3.05) is 20.8 Å². The molecule has 2 fully saturated rings. The van der Waals surface area contributed by atoms with Crippen LogP contribution in [0.5, 0.6) is 28.7 Å². The van der Waals surface area contributed by atoms with E-state index < -0.39 is 79.2 Å². The molecule has 0 spiro atoms. The van der Waals surface area contributed by atoms with E-state index >= 15 is 0 Å². The lowest BCUT2D eigenvalue weighted by atomic mass is 9.98. The fourth-order valence-corrected chi connectivity index (χ4v) is 5.15. The van der Waals surface area contributed by atoms with E-state index in [-0.39, 0.29) is 39.7 Å². The van der Waals surface area contributed by atoms with Crippen molar-refractivity contribution < 1.29 is 73.7 Å². The predicted octanol–water partition coefficient (Wildman–Crippen LogP) is -1.08. The molecular formula is C29H34O16. The number of benzene rings is 2. The quantitative estimate of drug-likeness (QED) is 0.146. The van der Waals surface area contributed by atoms with Gasteiger partial charge in [0, 0.05) is 17.7 Å². The maximum absolute atomic E-state index is 13.0. The van der Waals surface area contributed by atoms with Gasteiger partial charge in [0.05, 0.1) is 26.9 Å². The summed E-state index contributed by atoms with van der Waals surface area (Å²) in [7, 11) is 2.55. The van der Waals surface area contributed by atoms with Gasteiger partial charge in [-0.15, -0.1) is 0 Å².